The summed E-state index contributed by atoms with van der Waals surface area (Å²) >= 11 is 0. The summed E-state index contributed by atoms with van der Waals surface area (Å²) in [7, 11) is 0. The van der Waals surface area contributed by atoms with E-state index in [-0.39, 0.29) is 5.97 Å². The van der Waals surface area contributed by atoms with Crippen molar-refractivity contribution in [1.82, 2.24) is 0 Å². The highest BCUT2D eigenvalue weighted by molar-refractivity contribution is 5.79. The van der Waals surface area contributed by atoms with Gasteiger partial charge in [-0.2, -0.15) is 5.26 Å². The van der Waals surface area contributed by atoms with Gasteiger partial charge in [0, 0.05) is 0 Å². The average molecular weight is 223 g/mol. The third-order valence-electron chi connectivity index (χ3n) is 3.39. The lowest BCUT2D eigenvalue weighted by Gasteiger charge is -2.28. The van der Waals surface area contributed by atoms with Crippen molar-refractivity contribution in [1.29, 1.82) is 5.26 Å². The molecule has 0 aliphatic heterocycles. The number of ether oxygens (including phenoxy) is 1. The predicted molar refractivity (Wildman–Crippen MR) is 61.5 cm³/mol. The first kappa shape index (κ1) is 13.0. The van der Waals surface area contributed by atoms with Gasteiger partial charge in [0.25, 0.3) is 0 Å². The molecule has 1 fully saturated rings. The summed E-state index contributed by atoms with van der Waals surface area (Å²) in [4.78, 5) is 11.7. The van der Waals surface area contributed by atoms with E-state index in [1.165, 1.54) is 19.3 Å². The maximum Gasteiger partial charge on any atom is 0.326 e. The van der Waals surface area contributed by atoms with Crippen LogP contribution in [-0.2, 0) is 9.53 Å². The first-order valence-electron chi connectivity index (χ1n) is 6.21. The molecule has 1 saturated carbocycles. The summed E-state index contributed by atoms with van der Waals surface area (Å²) in [6, 6.07) is 2.14. The standard InChI is InChI=1S/C13H21NO2/c1-3-16-12(15)13(2,10-14)9-11-7-5-4-6-8-11/h11H,3-9H2,1-2H3. The normalized spacial score (nSPS) is 20.8. The zero-order valence-electron chi connectivity index (χ0n) is 10.3. The highest BCUT2D eigenvalue weighted by Crippen LogP contribution is 2.35. The second-order valence-corrected chi connectivity index (χ2v) is 4.87. The van der Waals surface area contributed by atoms with Gasteiger partial charge in [-0.15, -0.1) is 0 Å². The third kappa shape index (κ3) is 3.23. The fraction of sp³-hybridized carbons (Fsp3) is 0.846. The summed E-state index contributed by atoms with van der Waals surface area (Å²) < 4.78 is 4.98. The van der Waals surface area contributed by atoms with E-state index in [1.54, 1.807) is 13.8 Å². The van der Waals surface area contributed by atoms with Crippen molar-refractivity contribution in [3.63, 3.8) is 0 Å². The van der Waals surface area contributed by atoms with Crippen LogP contribution in [0.2, 0.25) is 0 Å². The van der Waals surface area contributed by atoms with Crippen LogP contribution >= 0.6 is 0 Å². The van der Waals surface area contributed by atoms with E-state index in [4.69, 9.17) is 10.00 Å². The maximum absolute atomic E-state index is 11.7. The summed E-state index contributed by atoms with van der Waals surface area (Å²) in [5.74, 6) is 0.158. The molecule has 0 radical (unpaired) electrons. The second-order valence-electron chi connectivity index (χ2n) is 4.87. The van der Waals surface area contributed by atoms with E-state index in [9.17, 15) is 4.79 Å². The van der Waals surface area contributed by atoms with E-state index >= 15 is 0 Å². The van der Waals surface area contributed by atoms with Crippen molar-refractivity contribution >= 4 is 5.97 Å². The van der Waals surface area contributed by atoms with Crippen molar-refractivity contribution in [3.8, 4) is 6.07 Å². The maximum atomic E-state index is 11.7. The van der Waals surface area contributed by atoms with Crippen LogP contribution in [0.25, 0.3) is 0 Å². The molecule has 1 aliphatic carbocycles. The molecule has 16 heavy (non-hydrogen) atoms. The van der Waals surface area contributed by atoms with E-state index < -0.39 is 5.41 Å². The molecule has 0 heterocycles. The van der Waals surface area contributed by atoms with Gasteiger partial charge in [0.05, 0.1) is 12.7 Å². The number of hydrogen-bond acceptors (Lipinski definition) is 3. The summed E-state index contributed by atoms with van der Waals surface area (Å²) in [6.45, 7) is 3.83. The zero-order valence-corrected chi connectivity index (χ0v) is 10.3. The van der Waals surface area contributed by atoms with Crippen LogP contribution in [-0.4, -0.2) is 12.6 Å². The van der Waals surface area contributed by atoms with Crippen LogP contribution in [0.15, 0.2) is 0 Å². The summed E-state index contributed by atoms with van der Waals surface area (Å²) in [6.07, 6.45) is 6.71. The van der Waals surface area contributed by atoms with Crippen molar-refractivity contribution < 1.29 is 9.53 Å². The summed E-state index contributed by atoms with van der Waals surface area (Å²) in [5, 5.41) is 9.16. The van der Waals surface area contributed by atoms with Gasteiger partial charge < -0.3 is 4.74 Å². The largest absolute Gasteiger partial charge is 0.465 e. The summed E-state index contributed by atoms with van der Waals surface area (Å²) in [5.41, 5.74) is -0.946. The minimum absolute atomic E-state index is 0.348. The Morgan fingerprint density at radius 2 is 2.06 bits per heavy atom. The minimum Gasteiger partial charge on any atom is -0.465 e. The number of nitriles is 1. The van der Waals surface area contributed by atoms with Crippen LogP contribution in [0.1, 0.15) is 52.4 Å². The number of nitrogens with zero attached hydrogens (tertiary/aromatic N) is 1. The Labute approximate surface area is 97.8 Å². The van der Waals surface area contributed by atoms with Crippen LogP contribution in [0, 0.1) is 22.7 Å². The van der Waals surface area contributed by atoms with Gasteiger partial charge in [-0.05, 0) is 26.2 Å². The van der Waals surface area contributed by atoms with Crippen LogP contribution in [0.5, 0.6) is 0 Å². The molecule has 0 spiro atoms. The number of carbonyl (C=O) groups excluding carboxylic acids is 1. The number of carbonyl (C=O) groups is 1. The first-order valence-corrected chi connectivity index (χ1v) is 6.21. The van der Waals surface area contributed by atoms with E-state index in [0.29, 0.717) is 18.9 Å². The van der Waals surface area contributed by atoms with Gasteiger partial charge in [-0.25, -0.2) is 0 Å². The van der Waals surface area contributed by atoms with Gasteiger partial charge in [0.1, 0.15) is 0 Å². The van der Waals surface area contributed by atoms with Gasteiger partial charge in [0.15, 0.2) is 5.41 Å². The smallest absolute Gasteiger partial charge is 0.326 e. The lowest BCUT2D eigenvalue weighted by molar-refractivity contribution is -0.152. The van der Waals surface area contributed by atoms with Crippen molar-refractivity contribution in [2.24, 2.45) is 11.3 Å². The molecular formula is C13H21NO2. The lowest BCUT2D eigenvalue weighted by Crippen LogP contribution is -2.31. The first-order chi connectivity index (χ1) is 7.62. The molecular weight excluding hydrogens is 202 g/mol. The molecule has 0 bridgehead atoms. The molecule has 1 unspecified atom stereocenters. The molecule has 0 amide bonds. The van der Waals surface area contributed by atoms with Crippen molar-refractivity contribution in [2.45, 2.75) is 52.4 Å². The molecule has 0 aromatic carbocycles. The van der Waals surface area contributed by atoms with Crippen LogP contribution < -0.4 is 0 Å². The van der Waals surface area contributed by atoms with E-state index in [0.717, 1.165) is 12.8 Å². The van der Waals surface area contributed by atoms with Crippen molar-refractivity contribution in [2.75, 3.05) is 6.61 Å². The molecule has 90 valence electrons. The molecule has 1 rings (SSSR count). The Kier molecular flexibility index (Phi) is 4.79. The highest BCUT2D eigenvalue weighted by Gasteiger charge is 2.37. The number of esters is 1. The second kappa shape index (κ2) is 5.89. The Hall–Kier alpha value is -1.04. The minimum atomic E-state index is -0.946. The lowest BCUT2D eigenvalue weighted by atomic mass is 9.76. The van der Waals surface area contributed by atoms with Gasteiger partial charge in [-0.1, -0.05) is 32.1 Å². The van der Waals surface area contributed by atoms with E-state index in [1.807, 2.05) is 0 Å². The number of hydrogen-bond donors (Lipinski definition) is 0. The van der Waals surface area contributed by atoms with Gasteiger partial charge in [0.2, 0.25) is 0 Å². The van der Waals surface area contributed by atoms with E-state index in [2.05, 4.69) is 6.07 Å². The average Bonchev–Trinajstić information content (AvgIpc) is 2.30. The molecule has 0 N–H and O–H groups in total. The molecule has 1 atom stereocenters. The van der Waals surface area contributed by atoms with Crippen LogP contribution in [0.4, 0.5) is 0 Å². The Bertz CT molecular complexity index is 276. The molecule has 1 aliphatic rings. The molecule has 0 aromatic heterocycles. The molecule has 3 heteroatoms. The Balaban J connectivity index is 2.58. The Morgan fingerprint density at radius 1 is 1.44 bits per heavy atom. The van der Waals surface area contributed by atoms with Crippen molar-refractivity contribution in [3.05, 3.63) is 0 Å². The van der Waals surface area contributed by atoms with Gasteiger partial charge in [-0.3, -0.25) is 4.79 Å². The quantitative estimate of drug-likeness (QED) is 0.688. The molecule has 0 saturated heterocycles. The Morgan fingerprint density at radius 3 is 2.56 bits per heavy atom. The third-order valence-corrected chi connectivity index (χ3v) is 3.39. The molecule has 3 nitrogen and oxygen atoms in total. The zero-order chi connectivity index (χ0) is 12.0. The fourth-order valence-corrected chi connectivity index (χ4v) is 2.43. The SMILES string of the molecule is CCOC(=O)C(C)(C#N)CC1CCCCC1. The topological polar surface area (TPSA) is 50.1 Å². The number of rotatable bonds is 4. The van der Waals surface area contributed by atoms with Crippen LogP contribution in [0.3, 0.4) is 0 Å². The predicted octanol–water partition coefficient (Wildman–Crippen LogP) is 3.05. The fourth-order valence-electron chi connectivity index (χ4n) is 2.43. The highest BCUT2D eigenvalue weighted by atomic mass is 16.5. The van der Waals surface area contributed by atoms with Gasteiger partial charge >= 0.3 is 5.97 Å². The molecule has 0 aromatic rings. The monoisotopic (exact) mass is 223 g/mol.